The molecular formula is C11H15N5O2. The third-order valence-electron chi connectivity index (χ3n) is 3.72. The minimum Gasteiger partial charge on any atom is -0.337 e. The van der Waals surface area contributed by atoms with Crippen molar-refractivity contribution in [1.29, 1.82) is 0 Å². The Morgan fingerprint density at radius 1 is 1.50 bits per heavy atom. The van der Waals surface area contributed by atoms with E-state index >= 15 is 0 Å². The lowest BCUT2D eigenvalue weighted by molar-refractivity contribution is 0.0641. The molecule has 1 amide bonds. The molecule has 1 unspecified atom stereocenters. The van der Waals surface area contributed by atoms with Crippen molar-refractivity contribution in [1.82, 2.24) is 15.1 Å². The Labute approximate surface area is 103 Å². The van der Waals surface area contributed by atoms with E-state index in [1.54, 1.807) is 4.90 Å². The SMILES string of the molecule is CC1(C2CCCN(C(=O)c3cc(=O)[nH][nH]3)C2)N=N1. The van der Waals surface area contributed by atoms with Crippen LogP contribution in [0.3, 0.4) is 0 Å². The Bertz CT molecular complexity index is 552. The number of likely N-dealkylation sites (tertiary alicyclic amines) is 1. The van der Waals surface area contributed by atoms with Gasteiger partial charge >= 0.3 is 0 Å². The molecule has 1 atom stereocenters. The highest BCUT2D eigenvalue weighted by Crippen LogP contribution is 2.40. The van der Waals surface area contributed by atoms with Gasteiger partial charge in [-0.3, -0.25) is 19.8 Å². The summed E-state index contributed by atoms with van der Waals surface area (Å²) in [5, 5.41) is 13.1. The van der Waals surface area contributed by atoms with Crippen molar-refractivity contribution in [2.75, 3.05) is 13.1 Å². The maximum Gasteiger partial charge on any atom is 0.271 e. The molecule has 96 valence electrons. The van der Waals surface area contributed by atoms with Crippen LogP contribution in [0.2, 0.25) is 0 Å². The van der Waals surface area contributed by atoms with E-state index < -0.39 is 0 Å². The molecule has 0 aliphatic carbocycles. The molecule has 1 fully saturated rings. The van der Waals surface area contributed by atoms with E-state index in [2.05, 4.69) is 20.4 Å². The first kappa shape index (κ1) is 11.2. The van der Waals surface area contributed by atoms with E-state index in [-0.39, 0.29) is 17.1 Å². The van der Waals surface area contributed by atoms with E-state index in [1.165, 1.54) is 6.07 Å². The van der Waals surface area contributed by atoms with Crippen LogP contribution in [-0.2, 0) is 0 Å². The van der Waals surface area contributed by atoms with Gasteiger partial charge in [-0.1, -0.05) is 0 Å². The number of hydrogen-bond acceptors (Lipinski definition) is 4. The fraction of sp³-hybridized carbons (Fsp3) is 0.636. The molecule has 2 aliphatic rings. The van der Waals surface area contributed by atoms with Gasteiger partial charge in [0.25, 0.3) is 11.5 Å². The minimum absolute atomic E-state index is 0.137. The zero-order valence-corrected chi connectivity index (χ0v) is 10.1. The highest BCUT2D eigenvalue weighted by Gasteiger charge is 2.45. The van der Waals surface area contributed by atoms with E-state index in [4.69, 9.17) is 0 Å². The molecule has 1 aromatic heterocycles. The summed E-state index contributed by atoms with van der Waals surface area (Å²) in [6, 6.07) is 1.29. The zero-order valence-electron chi connectivity index (χ0n) is 10.1. The zero-order chi connectivity index (χ0) is 12.8. The number of hydrogen-bond donors (Lipinski definition) is 2. The van der Waals surface area contributed by atoms with Crippen LogP contribution in [0.1, 0.15) is 30.3 Å². The molecule has 1 aromatic rings. The fourth-order valence-corrected chi connectivity index (χ4v) is 2.47. The van der Waals surface area contributed by atoms with Crippen LogP contribution in [0.4, 0.5) is 0 Å². The number of amides is 1. The number of nitrogens with zero attached hydrogens (tertiary/aromatic N) is 3. The number of carbonyl (C=O) groups excluding carboxylic acids is 1. The topological polar surface area (TPSA) is 93.7 Å². The van der Waals surface area contributed by atoms with Gasteiger partial charge in [-0.2, -0.15) is 10.2 Å². The Morgan fingerprint density at radius 3 is 2.89 bits per heavy atom. The second kappa shape index (κ2) is 3.79. The fourth-order valence-electron chi connectivity index (χ4n) is 2.47. The van der Waals surface area contributed by atoms with Gasteiger partial charge in [0, 0.05) is 25.1 Å². The first-order chi connectivity index (χ1) is 8.58. The first-order valence-electron chi connectivity index (χ1n) is 6.09. The molecule has 0 saturated carbocycles. The lowest BCUT2D eigenvalue weighted by Crippen LogP contribution is -2.44. The highest BCUT2D eigenvalue weighted by molar-refractivity contribution is 5.92. The molecule has 3 rings (SSSR count). The average molecular weight is 249 g/mol. The van der Waals surface area contributed by atoms with Gasteiger partial charge in [0.05, 0.1) is 0 Å². The summed E-state index contributed by atoms with van der Waals surface area (Å²) in [4.78, 5) is 25.0. The Hall–Kier alpha value is -1.92. The molecular weight excluding hydrogens is 234 g/mol. The second-order valence-electron chi connectivity index (χ2n) is 5.06. The molecule has 7 heteroatoms. The largest absolute Gasteiger partial charge is 0.337 e. The van der Waals surface area contributed by atoms with Crippen molar-refractivity contribution in [3.05, 3.63) is 22.1 Å². The second-order valence-corrected chi connectivity index (χ2v) is 5.06. The maximum absolute atomic E-state index is 12.2. The van der Waals surface area contributed by atoms with Crippen LogP contribution in [0, 0.1) is 5.92 Å². The normalized spacial score (nSPS) is 25.2. The van der Waals surface area contributed by atoms with Gasteiger partial charge in [-0.25, -0.2) is 0 Å². The van der Waals surface area contributed by atoms with Gasteiger partial charge in [0.15, 0.2) is 5.66 Å². The first-order valence-corrected chi connectivity index (χ1v) is 6.09. The van der Waals surface area contributed by atoms with Crippen LogP contribution in [0.15, 0.2) is 21.1 Å². The standard InChI is InChI=1S/C11H15N5O2/c1-11(14-15-11)7-3-2-4-16(6-7)10(18)8-5-9(17)13-12-8/h5,7H,2-4,6H2,1H3,(H2,12,13,17). The Balaban J connectivity index is 1.72. The Morgan fingerprint density at radius 2 is 2.28 bits per heavy atom. The maximum atomic E-state index is 12.2. The van der Waals surface area contributed by atoms with Crippen LogP contribution < -0.4 is 5.56 Å². The molecule has 0 bridgehead atoms. The predicted octanol–water partition coefficient (Wildman–Crippen LogP) is 0.737. The molecule has 0 aromatic carbocycles. The molecule has 18 heavy (non-hydrogen) atoms. The van der Waals surface area contributed by atoms with E-state index in [0.29, 0.717) is 18.2 Å². The summed E-state index contributed by atoms with van der Waals surface area (Å²) >= 11 is 0. The molecule has 7 nitrogen and oxygen atoms in total. The number of carbonyl (C=O) groups is 1. The van der Waals surface area contributed by atoms with Crippen LogP contribution >= 0.6 is 0 Å². The predicted molar refractivity (Wildman–Crippen MR) is 63.3 cm³/mol. The monoisotopic (exact) mass is 249 g/mol. The van der Waals surface area contributed by atoms with Gasteiger partial charge in [-0.05, 0) is 19.8 Å². The highest BCUT2D eigenvalue weighted by atomic mass is 16.2. The summed E-state index contributed by atoms with van der Waals surface area (Å²) in [5.74, 6) is 0.156. The summed E-state index contributed by atoms with van der Waals surface area (Å²) in [5.41, 5.74) is -0.258. The Kier molecular flexibility index (Phi) is 2.36. The number of aromatic amines is 2. The third-order valence-corrected chi connectivity index (χ3v) is 3.72. The van der Waals surface area contributed by atoms with E-state index in [0.717, 1.165) is 19.4 Å². The summed E-state index contributed by atoms with van der Waals surface area (Å²) < 4.78 is 0. The number of nitrogens with one attached hydrogen (secondary N) is 2. The van der Waals surface area contributed by atoms with Crippen molar-refractivity contribution in [2.45, 2.75) is 25.4 Å². The smallest absolute Gasteiger partial charge is 0.271 e. The van der Waals surface area contributed by atoms with Crippen molar-refractivity contribution in [3.63, 3.8) is 0 Å². The van der Waals surface area contributed by atoms with Crippen LogP contribution in [0.5, 0.6) is 0 Å². The summed E-state index contributed by atoms with van der Waals surface area (Å²) in [6.07, 6.45) is 1.99. The molecule has 0 radical (unpaired) electrons. The number of H-pyrrole nitrogens is 2. The van der Waals surface area contributed by atoms with Gasteiger partial charge in [0.1, 0.15) is 5.69 Å². The van der Waals surface area contributed by atoms with Crippen molar-refractivity contribution in [3.8, 4) is 0 Å². The van der Waals surface area contributed by atoms with Crippen molar-refractivity contribution >= 4 is 5.91 Å². The quantitative estimate of drug-likeness (QED) is 0.808. The lowest BCUT2D eigenvalue weighted by Gasteiger charge is -2.33. The van der Waals surface area contributed by atoms with Gasteiger partial charge in [-0.15, -0.1) is 0 Å². The van der Waals surface area contributed by atoms with E-state index in [9.17, 15) is 9.59 Å². The molecule has 2 aliphatic heterocycles. The molecule has 3 heterocycles. The lowest BCUT2D eigenvalue weighted by atomic mass is 9.89. The van der Waals surface area contributed by atoms with Crippen LogP contribution in [-0.4, -0.2) is 39.8 Å². The number of aromatic nitrogens is 2. The van der Waals surface area contributed by atoms with Gasteiger partial charge in [0.2, 0.25) is 0 Å². The number of piperidine rings is 1. The van der Waals surface area contributed by atoms with Crippen molar-refractivity contribution in [2.24, 2.45) is 16.1 Å². The van der Waals surface area contributed by atoms with Crippen molar-refractivity contribution < 1.29 is 4.79 Å². The number of rotatable bonds is 2. The molecule has 2 N–H and O–H groups in total. The molecule has 1 saturated heterocycles. The van der Waals surface area contributed by atoms with Crippen LogP contribution in [0.25, 0.3) is 0 Å². The molecule has 0 spiro atoms. The summed E-state index contributed by atoms with van der Waals surface area (Å²) in [6.45, 7) is 3.36. The minimum atomic E-state index is -0.287. The average Bonchev–Trinajstić information content (AvgIpc) is 2.98. The third kappa shape index (κ3) is 1.85. The summed E-state index contributed by atoms with van der Waals surface area (Å²) in [7, 11) is 0. The van der Waals surface area contributed by atoms with Gasteiger partial charge < -0.3 is 4.90 Å². The van der Waals surface area contributed by atoms with E-state index in [1.807, 2.05) is 6.92 Å².